The molecule has 0 radical (unpaired) electrons. The van der Waals surface area contributed by atoms with Gasteiger partial charge in [-0.15, -0.1) is 0 Å². The second-order valence-electron chi connectivity index (χ2n) is 3.78. The van der Waals surface area contributed by atoms with Crippen molar-refractivity contribution in [2.75, 3.05) is 0 Å². The Hall–Kier alpha value is -1.41. The standard InChI is InChI=1S/C13H16O2/c1-4-10-6-8-11(9-7-10)12(14)13(3,15)5-2/h4,6-9,15H,1,5H2,2-3H3. The Morgan fingerprint density at radius 2 is 2.00 bits per heavy atom. The first-order valence-electron chi connectivity index (χ1n) is 5.01. The minimum absolute atomic E-state index is 0.236. The molecule has 0 spiro atoms. The second kappa shape index (κ2) is 4.41. The van der Waals surface area contributed by atoms with E-state index in [0.29, 0.717) is 12.0 Å². The summed E-state index contributed by atoms with van der Waals surface area (Å²) in [7, 11) is 0. The van der Waals surface area contributed by atoms with Gasteiger partial charge in [0.25, 0.3) is 0 Å². The smallest absolute Gasteiger partial charge is 0.194 e. The van der Waals surface area contributed by atoms with Crippen molar-refractivity contribution in [3.05, 3.63) is 42.0 Å². The molecule has 0 saturated heterocycles. The third-order valence-corrected chi connectivity index (χ3v) is 2.59. The molecule has 80 valence electrons. The van der Waals surface area contributed by atoms with Gasteiger partial charge in [0.05, 0.1) is 0 Å². The summed E-state index contributed by atoms with van der Waals surface area (Å²) in [5, 5.41) is 9.80. The van der Waals surface area contributed by atoms with Gasteiger partial charge < -0.3 is 5.11 Å². The lowest BCUT2D eigenvalue weighted by atomic mass is 9.92. The zero-order chi connectivity index (χ0) is 11.5. The normalized spacial score (nSPS) is 14.3. The first kappa shape index (κ1) is 11.7. The fourth-order valence-electron chi connectivity index (χ4n) is 1.24. The predicted octanol–water partition coefficient (Wildman–Crippen LogP) is 2.67. The molecule has 0 saturated carbocycles. The number of aliphatic hydroxyl groups is 1. The van der Waals surface area contributed by atoms with Gasteiger partial charge in [0.15, 0.2) is 5.78 Å². The van der Waals surface area contributed by atoms with E-state index in [1.807, 2.05) is 12.1 Å². The Labute approximate surface area is 90.3 Å². The van der Waals surface area contributed by atoms with E-state index < -0.39 is 5.60 Å². The molecule has 15 heavy (non-hydrogen) atoms. The lowest BCUT2D eigenvalue weighted by Crippen LogP contribution is -2.34. The monoisotopic (exact) mass is 204 g/mol. The molecule has 0 aliphatic rings. The lowest BCUT2D eigenvalue weighted by Gasteiger charge is -2.19. The van der Waals surface area contributed by atoms with Crippen LogP contribution in [0.3, 0.4) is 0 Å². The molecule has 0 aliphatic heterocycles. The van der Waals surface area contributed by atoms with Crippen molar-refractivity contribution < 1.29 is 9.90 Å². The largest absolute Gasteiger partial charge is 0.382 e. The fourth-order valence-corrected chi connectivity index (χ4v) is 1.24. The summed E-state index contributed by atoms with van der Waals surface area (Å²) in [6, 6.07) is 7.05. The molecule has 0 aromatic heterocycles. The van der Waals surface area contributed by atoms with Gasteiger partial charge in [-0.05, 0) is 18.9 Å². The average Bonchev–Trinajstić information content (AvgIpc) is 2.28. The average molecular weight is 204 g/mol. The summed E-state index contributed by atoms with van der Waals surface area (Å²) in [6.45, 7) is 6.96. The molecule has 0 aliphatic carbocycles. The summed E-state index contributed by atoms with van der Waals surface area (Å²) < 4.78 is 0. The Kier molecular flexibility index (Phi) is 3.43. The second-order valence-corrected chi connectivity index (χ2v) is 3.78. The molecule has 2 nitrogen and oxygen atoms in total. The number of hydrogen-bond donors (Lipinski definition) is 1. The van der Waals surface area contributed by atoms with Crippen LogP contribution in [0.4, 0.5) is 0 Å². The molecule has 1 atom stereocenters. The van der Waals surface area contributed by atoms with Crippen LogP contribution in [0.2, 0.25) is 0 Å². The molecule has 1 rings (SSSR count). The number of Topliss-reactive ketones (excluding diaryl/α,β-unsaturated/α-hetero) is 1. The van der Waals surface area contributed by atoms with E-state index in [2.05, 4.69) is 6.58 Å². The molecule has 1 unspecified atom stereocenters. The molecule has 0 heterocycles. The Bertz CT molecular complexity index is 361. The van der Waals surface area contributed by atoms with Crippen molar-refractivity contribution in [2.45, 2.75) is 25.9 Å². The van der Waals surface area contributed by atoms with Crippen LogP contribution in [0.5, 0.6) is 0 Å². The van der Waals surface area contributed by atoms with Gasteiger partial charge in [0.1, 0.15) is 5.60 Å². The summed E-state index contributed by atoms with van der Waals surface area (Å²) in [4.78, 5) is 11.8. The predicted molar refractivity (Wildman–Crippen MR) is 61.8 cm³/mol. The van der Waals surface area contributed by atoms with Gasteiger partial charge in [-0.25, -0.2) is 0 Å². The van der Waals surface area contributed by atoms with E-state index in [-0.39, 0.29) is 5.78 Å². The van der Waals surface area contributed by atoms with Gasteiger partial charge in [0.2, 0.25) is 0 Å². The zero-order valence-electron chi connectivity index (χ0n) is 9.16. The van der Waals surface area contributed by atoms with Crippen LogP contribution in [0.1, 0.15) is 36.2 Å². The van der Waals surface area contributed by atoms with Crippen LogP contribution in [-0.4, -0.2) is 16.5 Å². The van der Waals surface area contributed by atoms with E-state index in [4.69, 9.17) is 0 Å². The van der Waals surface area contributed by atoms with E-state index >= 15 is 0 Å². The molecule has 0 amide bonds. The topological polar surface area (TPSA) is 37.3 Å². The van der Waals surface area contributed by atoms with Crippen LogP contribution in [0, 0.1) is 0 Å². The fraction of sp³-hybridized carbons (Fsp3) is 0.308. The highest BCUT2D eigenvalue weighted by Gasteiger charge is 2.28. The molecule has 2 heteroatoms. The van der Waals surface area contributed by atoms with Gasteiger partial charge in [-0.3, -0.25) is 4.79 Å². The summed E-state index contributed by atoms with van der Waals surface area (Å²) in [5.41, 5.74) is 0.227. The number of carbonyl (C=O) groups excluding carboxylic acids is 1. The maximum Gasteiger partial charge on any atom is 0.194 e. The van der Waals surface area contributed by atoms with Gasteiger partial charge in [0, 0.05) is 5.56 Å². The molecule has 1 N–H and O–H groups in total. The third kappa shape index (κ3) is 2.54. The molecule has 1 aromatic carbocycles. The molecular formula is C13H16O2. The quantitative estimate of drug-likeness (QED) is 0.765. The number of carbonyl (C=O) groups is 1. The van der Waals surface area contributed by atoms with Crippen LogP contribution in [-0.2, 0) is 0 Å². The first-order chi connectivity index (χ1) is 7.01. The van der Waals surface area contributed by atoms with Gasteiger partial charge >= 0.3 is 0 Å². The van der Waals surface area contributed by atoms with E-state index in [9.17, 15) is 9.90 Å². The van der Waals surface area contributed by atoms with Crippen molar-refractivity contribution in [3.8, 4) is 0 Å². The highest BCUT2D eigenvalue weighted by molar-refractivity contribution is 6.02. The van der Waals surface area contributed by atoms with Gasteiger partial charge in [-0.2, -0.15) is 0 Å². The zero-order valence-corrected chi connectivity index (χ0v) is 9.16. The Morgan fingerprint density at radius 3 is 2.40 bits per heavy atom. The van der Waals surface area contributed by atoms with Crippen LogP contribution >= 0.6 is 0 Å². The minimum Gasteiger partial charge on any atom is -0.382 e. The van der Waals surface area contributed by atoms with E-state index in [1.54, 1.807) is 25.1 Å². The molecule has 0 fully saturated rings. The first-order valence-corrected chi connectivity index (χ1v) is 5.01. The van der Waals surface area contributed by atoms with Crippen LogP contribution in [0.15, 0.2) is 30.8 Å². The van der Waals surface area contributed by atoms with E-state index in [1.165, 1.54) is 6.92 Å². The third-order valence-electron chi connectivity index (χ3n) is 2.59. The van der Waals surface area contributed by atoms with E-state index in [0.717, 1.165) is 5.56 Å². The highest BCUT2D eigenvalue weighted by atomic mass is 16.3. The van der Waals surface area contributed by atoms with Crippen molar-refractivity contribution in [2.24, 2.45) is 0 Å². The Balaban J connectivity index is 2.97. The molecule has 0 bridgehead atoms. The van der Waals surface area contributed by atoms with Gasteiger partial charge in [-0.1, -0.05) is 43.8 Å². The van der Waals surface area contributed by atoms with Crippen LogP contribution in [0.25, 0.3) is 6.08 Å². The minimum atomic E-state index is -1.27. The lowest BCUT2D eigenvalue weighted by molar-refractivity contribution is 0.0390. The SMILES string of the molecule is C=Cc1ccc(C(=O)C(C)(O)CC)cc1. The maximum absolute atomic E-state index is 11.8. The highest BCUT2D eigenvalue weighted by Crippen LogP contribution is 2.17. The number of rotatable bonds is 4. The number of hydrogen-bond acceptors (Lipinski definition) is 2. The van der Waals surface area contributed by atoms with Crippen molar-refractivity contribution >= 4 is 11.9 Å². The van der Waals surface area contributed by atoms with Crippen LogP contribution < -0.4 is 0 Å². The summed E-state index contributed by atoms with van der Waals surface area (Å²) >= 11 is 0. The molecule has 1 aromatic rings. The van der Waals surface area contributed by atoms with Crippen molar-refractivity contribution in [1.82, 2.24) is 0 Å². The molecular weight excluding hydrogens is 188 g/mol. The van der Waals surface area contributed by atoms with Crippen molar-refractivity contribution in [3.63, 3.8) is 0 Å². The number of ketones is 1. The summed E-state index contributed by atoms with van der Waals surface area (Å²) in [5.74, 6) is -0.236. The maximum atomic E-state index is 11.8. The number of benzene rings is 1. The Morgan fingerprint density at radius 1 is 1.47 bits per heavy atom. The van der Waals surface area contributed by atoms with Crippen molar-refractivity contribution in [1.29, 1.82) is 0 Å². The summed E-state index contributed by atoms with van der Waals surface area (Å²) in [6.07, 6.45) is 2.13.